The quantitative estimate of drug-likeness (QED) is 0.385. The number of anilines is 1. The lowest BCUT2D eigenvalue weighted by molar-refractivity contribution is -0.0537. The zero-order chi connectivity index (χ0) is 13.4. The summed E-state index contributed by atoms with van der Waals surface area (Å²) in [5.74, 6) is -0.180. The highest BCUT2D eigenvalue weighted by atomic mass is 16.6. The van der Waals surface area contributed by atoms with Crippen molar-refractivity contribution in [1.29, 1.82) is 0 Å². The molecule has 18 heavy (non-hydrogen) atoms. The second kappa shape index (κ2) is 4.65. The standard InChI is InChI=1S/C8H13BN4O5/c9-6-11-7(10)12-8(17)13(6)5-4(16)3(15)2(1-14)18-5/h2-5,14-16H,1,9H2,(H2,10,12,17)/t2?,3?,4-,5+/m0/s1. The number of aliphatic hydroxyl groups is 3. The molecule has 1 fully saturated rings. The van der Waals surface area contributed by atoms with Crippen LogP contribution in [0.4, 0.5) is 5.95 Å². The van der Waals surface area contributed by atoms with Crippen LogP contribution in [0, 0.1) is 0 Å². The van der Waals surface area contributed by atoms with Crippen molar-refractivity contribution in [2.24, 2.45) is 0 Å². The summed E-state index contributed by atoms with van der Waals surface area (Å²) in [5.41, 5.74) is 4.77. The highest BCUT2D eigenvalue weighted by Crippen LogP contribution is 2.27. The first kappa shape index (κ1) is 13.0. The SMILES string of the molecule is Bc1nc(N)nc(=O)n1[C@@H]1OC(CO)C(O)[C@@H]1O. The van der Waals surface area contributed by atoms with Gasteiger partial charge in [0.25, 0.3) is 0 Å². The zero-order valence-electron chi connectivity index (χ0n) is 9.59. The van der Waals surface area contributed by atoms with Crippen molar-refractivity contribution in [3.05, 3.63) is 10.5 Å². The number of rotatable bonds is 2. The molecule has 5 N–H and O–H groups in total. The minimum absolute atomic E-state index is 0.180. The van der Waals surface area contributed by atoms with E-state index in [4.69, 9.17) is 15.6 Å². The van der Waals surface area contributed by atoms with Gasteiger partial charge in [0.15, 0.2) is 14.1 Å². The molecule has 1 aliphatic heterocycles. The average Bonchev–Trinajstić information content (AvgIpc) is 2.56. The van der Waals surface area contributed by atoms with Crippen LogP contribution in [0.15, 0.2) is 4.79 Å². The summed E-state index contributed by atoms with van der Waals surface area (Å²) in [4.78, 5) is 18.9. The van der Waals surface area contributed by atoms with Crippen LogP contribution < -0.4 is 17.1 Å². The van der Waals surface area contributed by atoms with E-state index < -0.39 is 36.8 Å². The van der Waals surface area contributed by atoms with Crippen LogP contribution in [0.1, 0.15) is 6.23 Å². The maximum atomic E-state index is 11.7. The predicted molar refractivity (Wildman–Crippen MR) is 61.9 cm³/mol. The van der Waals surface area contributed by atoms with E-state index in [-0.39, 0.29) is 11.7 Å². The minimum Gasteiger partial charge on any atom is -0.394 e. The summed E-state index contributed by atoms with van der Waals surface area (Å²) < 4.78 is 6.20. The molecule has 2 unspecified atom stereocenters. The summed E-state index contributed by atoms with van der Waals surface area (Å²) in [6.07, 6.45) is -4.76. The first-order chi connectivity index (χ1) is 8.45. The number of aromatic nitrogens is 3. The number of ether oxygens (including phenoxy) is 1. The Balaban J connectivity index is 2.42. The van der Waals surface area contributed by atoms with Crippen molar-refractivity contribution in [2.45, 2.75) is 24.5 Å². The van der Waals surface area contributed by atoms with Crippen LogP contribution in [0.25, 0.3) is 0 Å². The molecule has 1 aromatic rings. The summed E-state index contributed by atoms with van der Waals surface area (Å²) in [5, 5.41) is 28.4. The Hall–Kier alpha value is -1.49. The van der Waals surface area contributed by atoms with E-state index in [0.29, 0.717) is 0 Å². The molecule has 1 aliphatic rings. The van der Waals surface area contributed by atoms with Crippen molar-refractivity contribution in [2.75, 3.05) is 12.3 Å². The summed E-state index contributed by atoms with van der Waals surface area (Å²) >= 11 is 0. The number of hydrogen-bond donors (Lipinski definition) is 4. The Kier molecular flexibility index (Phi) is 3.35. The van der Waals surface area contributed by atoms with Gasteiger partial charge >= 0.3 is 5.69 Å². The van der Waals surface area contributed by atoms with Crippen molar-refractivity contribution >= 4 is 19.5 Å². The Bertz CT molecular complexity index is 509. The van der Waals surface area contributed by atoms with Gasteiger partial charge in [0.1, 0.15) is 18.3 Å². The van der Waals surface area contributed by atoms with Gasteiger partial charge in [0, 0.05) is 0 Å². The van der Waals surface area contributed by atoms with Gasteiger partial charge in [-0.05, 0) is 0 Å². The number of hydrogen-bond acceptors (Lipinski definition) is 8. The Morgan fingerprint density at radius 3 is 2.56 bits per heavy atom. The molecule has 0 bridgehead atoms. The lowest BCUT2D eigenvalue weighted by Gasteiger charge is -2.19. The fraction of sp³-hybridized carbons (Fsp3) is 0.625. The van der Waals surface area contributed by atoms with Crippen LogP contribution in [0.5, 0.6) is 0 Å². The van der Waals surface area contributed by atoms with Crippen LogP contribution >= 0.6 is 0 Å². The third kappa shape index (κ3) is 1.99. The average molecular weight is 256 g/mol. The molecule has 1 saturated heterocycles. The van der Waals surface area contributed by atoms with Crippen molar-refractivity contribution in [3.63, 3.8) is 0 Å². The van der Waals surface area contributed by atoms with Crippen LogP contribution in [0.3, 0.4) is 0 Å². The number of nitrogens with two attached hydrogens (primary N) is 1. The van der Waals surface area contributed by atoms with Gasteiger partial charge < -0.3 is 25.8 Å². The summed E-state index contributed by atoms with van der Waals surface area (Å²) in [6.45, 7) is -0.474. The third-order valence-corrected chi connectivity index (χ3v) is 2.81. The molecule has 0 amide bonds. The first-order valence-electron chi connectivity index (χ1n) is 5.30. The normalized spacial score (nSPS) is 31.7. The molecule has 0 aromatic carbocycles. The molecule has 0 aliphatic carbocycles. The number of nitrogens with zero attached hydrogens (tertiary/aromatic N) is 3. The molecule has 0 spiro atoms. The van der Waals surface area contributed by atoms with E-state index >= 15 is 0 Å². The van der Waals surface area contributed by atoms with E-state index in [0.717, 1.165) is 4.57 Å². The van der Waals surface area contributed by atoms with Gasteiger partial charge in [-0.2, -0.15) is 4.98 Å². The topological polar surface area (TPSA) is 144 Å². The van der Waals surface area contributed by atoms with E-state index in [1.54, 1.807) is 0 Å². The molecule has 0 radical (unpaired) electrons. The predicted octanol–water partition coefficient (Wildman–Crippen LogP) is -4.91. The van der Waals surface area contributed by atoms with E-state index in [1.807, 2.05) is 0 Å². The molecule has 1 aromatic heterocycles. The maximum Gasteiger partial charge on any atom is 0.353 e. The summed E-state index contributed by atoms with van der Waals surface area (Å²) in [7, 11) is 1.49. The Morgan fingerprint density at radius 2 is 2.06 bits per heavy atom. The minimum atomic E-state index is -1.36. The third-order valence-electron chi connectivity index (χ3n) is 2.81. The van der Waals surface area contributed by atoms with Gasteiger partial charge in [0.2, 0.25) is 5.95 Å². The number of nitrogen functional groups attached to an aromatic ring is 1. The second-order valence-corrected chi connectivity index (χ2v) is 4.01. The van der Waals surface area contributed by atoms with Crippen LogP contribution in [-0.2, 0) is 4.74 Å². The monoisotopic (exact) mass is 256 g/mol. The lowest BCUT2D eigenvalue weighted by Crippen LogP contribution is -2.44. The fourth-order valence-corrected chi connectivity index (χ4v) is 1.92. The van der Waals surface area contributed by atoms with E-state index in [2.05, 4.69) is 9.97 Å². The van der Waals surface area contributed by atoms with Crippen molar-refractivity contribution in [1.82, 2.24) is 14.5 Å². The number of aliphatic hydroxyl groups excluding tert-OH is 3. The Labute approximate surface area is 102 Å². The van der Waals surface area contributed by atoms with Gasteiger partial charge in [-0.1, -0.05) is 0 Å². The highest BCUT2D eigenvalue weighted by molar-refractivity contribution is 6.29. The van der Waals surface area contributed by atoms with Crippen LogP contribution in [0.2, 0.25) is 0 Å². The second-order valence-electron chi connectivity index (χ2n) is 4.01. The van der Waals surface area contributed by atoms with E-state index in [9.17, 15) is 15.0 Å². The molecule has 2 rings (SSSR count). The first-order valence-corrected chi connectivity index (χ1v) is 5.30. The van der Waals surface area contributed by atoms with E-state index in [1.165, 1.54) is 7.85 Å². The molecule has 9 nitrogen and oxygen atoms in total. The smallest absolute Gasteiger partial charge is 0.353 e. The molecule has 10 heteroatoms. The maximum absolute atomic E-state index is 11.7. The molecule has 0 saturated carbocycles. The fourth-order valence-electron chi connectivity index (χ4n) is 1.92. The van der Waals surface area contributed by atoms with Gasteiger partial charge in [-0.25, -0.2) is 9.78 Å². The van der Waals surface area contributed by atoms with Crippen molar-refractivity contribution < 1.29 is 20.1 Å². The van der Waals surface area contributed by atoms with Gasteiger partial charge in [-0.15, -0.1) is 0 Å². The van der Waals surface area contributed by atoms with Crippen LogP contribution in [-0.4, -0.2) is 62.6 Å². The molecular formula is C8H13BN4O5. The molecular weight excluding hydrogens is 243 g/mol. The molecule has 98 valence electrons. The summed E-state index contributed by atoms with van der Waals surface area (Å²) in [6, 6.07) is 0. The van der Waals surface area contributed by atoms with Crippen molar-refractivity contribution in [3.8, 4) is 0 Å². The van der Waals surface area contributed by atoms with Gasteiger partial charge in [-0.3, -0.25) is 4.57 Å². The molecule has 2 heterocycles. The highest BCUT2D eigenvalue weighted by Gasteiger charge is 2.44. The lowest BCUT2D eigenvalue weighted by atomic mass is 10.1. The van der Waals surface area contributed by atoms with Gasteiger partial charge in [0.05, 0.1) is 12.3 Å². The Morgan fingerprint density at radius 1 is 1.39 bits per heavy atom. The zero-order valence-corrected chi connectivity index (χ0v) is 9.59. The largest absolute Gasteiger partial charge is 0.394 e. The molecule has 4 atom stereocenters.